The number of aryl methyl sites for hydroxylation is 1. The number of benzene rings is 1. The summed E-state index contributed by atoms with van der Waals surface area (Å²) < 4.78 is 8.86. The van der Waals surface area contributed by atoms with E-state index in [0.29, 0.717) is 5.75 Å². The highest BCUT2D eigenvalue weighted by molar-refractivity contribution is 14.1. The lowest BCUT2D eigenvalue weighted by molar-refractivity contribution is 0.306. The highest BCUT2D eigenvalue weighted by atomic mass is 127. The van der Waals surface area contributed by atoms with E-state index in [-0.39, 0.29) is 0 Å². The molecule has 0 amide bonds. The summed E-state index contributed by atoms with van der Waals surface area (Å²) in [6.07, 6.45) is 6.75. The number of pyridine rings is 2. The average molecular weight is 593 g/mol. The molecule has 1 aliphatic rings. The van der Waals surface area contributed by atoms with Gasteiger partial charge < -0.3 is 15.0 Å². The zero-order chi connectivity index (χ0) is 24.5. The van der Waals surface area contributed by atoms with Crippen molar-refractivity contribution in [1.29, 1.82) is 0 Å². The number of piperazine rings is 1. The molecule has 1 fully saturated rings. The Hall–Kier alpha value is -3.58. The molecule has 11 heteroatoms. The second-order valence-corrected chi connectivity index (χ2v) is 9.32. The summed E-state index contributed by atoms with van der Waals surface area (Å²) in [7, 11) is 0. The van der Waals surface area contributed by atoms with Gasteiger partial charge in [-0.1, -0.05) is 22.6 Å². The van der Waals surface area contributed by atoms with Gasteiger partial charge in [0.25, 0.3) is 0 Å². The highest BCUT2D eigenvalue weighted by Crippen LogP contribution is 2.31. The van der Waals surface area contributed by atoms with E-state index in [9.17, 15) is 0 Å². The molecular formula is C25H24IN9O. The first-order valence-corrected chi connectivity index (χ1v) is 13.2. The maximum absolute atomic E-state index is 6.11. The van der Waals surface area contributed by atoms with Crippen molar-refractivity contribution in [3.63, 3.8) is 0 Å². The Balaban J connectivity index is 1.23. The second kappa shape index (κ2) is 9.82. The SMILES string of the molecule is Cc1cc(Nc2ncnc3cnc(N4CCN(CI)CC4)cc23)ccc1Oc1ccn2ncnc2c1. The number of alkyl halides is 1. The zero-order valence-corrected chi connectivity index (χ0v) is 21.8. The van der Waals surface area contributed by atoms with Crippen molar-refractivity contribution in [1.82, 2.24) is 34.4 Å². The van der Waals surface area contributed by atoms with Gasteiger partial charge in [-0.15, -0.1) is 0 Å². The number of halogens is 1. The monoisotopic (exact) mass is 593 g/mol. The quantitative estimate of drug-likeness (QED) is 0.174. The Morgan fingerprint density at radius 3 is 2.69 bits per heavy atom. The Morgan fingerprint density at radius 2 is 1.86 bits per heavy atom. The molecule has 182 valence electrons. The molecule has 10 nitrogen and oxygen atoms in total. The van der Waals surface area contributed by atoms with Gasteiger partial charge in [-0.05, 0) is 42.8 Å². The summed E-state index contributed by atoms with van der Waals surface area (Å²) >= 11 is 2.42. The van der Waals surface area contributed by atoms with E-state index >= 15 is 0 Å². The van der Waals surface area contributed by atoms with Crippen LogP contribution >= 0.6 is 22.6 Å². The van der Waals surface area contributed by atoms with Crippen molar-refractivity contribution >= 4 is 56.5 Å². The summed E-state index contributed by atoms with van der Waals surface area (Å²) in [6, 6.07) is 11.8. The van der Waals surface area contributed by atoms with Gasteiger partial charge in [0.15, 0.2) is 5.65 Å². The van der Waals surface area contributed by atoms with Crippen molar-refractivity contribution in [3.05, 3.63) is 67.0 Å². The van der Waals surface area contributed by atoms with Crippen LogP contribution < -0.4 is 15.0 Å². The largest absolute Gasteiger partial charge is 0.457 e. The van der Waals surface area contributed by atoms with E-state index in [4.69, 9.17) is 4.74 Å². The van der Waals surface area contributed by atoms with E-state index in [1.54, 1.807) is 10.8 Å². The lowest BCUT2D eigenvalue weighted by atomic mass is 10.2. The number of nitrogens with one attached hydrogen (secondary N) is 1. The van der Waals surface area contributed by atoms with Crippen molar-refractivity contribution in [2.24, 2.45) is 0 Å². The fourth-order valence-electron chi connectivity index (χ4n) is 4.28. The number of rotatable bonds is 6. The fraction of sp³-hybridized carbons (Fsp3) is 0.240. The molecule has 0 radical (unpaired) electrons. The van der Waals surface area contributed by atoms with Crippen LogP contribution in [0.2, 0.25) is 0 Å². The standard InChI is InChI=1S/C25H24IN9O/c1-17-10-18(2-3-22(17)36-19-4-5-35-24(11-19)29-16-31-35)32-25-20-12-23(27-13-21(20)28-15-30-25)34-8-6-33(14-26)7-9-34/h2-5,10-13,15-16H,6-9,14H2,1H3,(H,28,30,32). The molecule has 0 bridgehead atoms. The number of fused-ring (bicyclic) bond motifs is 2. The van der Waals surface area contributed by atoms with Crippen LogP contribution in [-0.2, 0) is 0 Å². The first-order chi connectivity index (χ1) is 17.7. The van der Waals surface area contributed by atoms with E-state index < -0.39 is 0 Å². The molecule has 1 saturated heterocycles. The minimum atomic E-state index is 0.709. The third-order valence-electron chi connectivity index (χ3n) is 6.29. The summed E-state index contributed by atoms with van der Waals surface area (Å²) in [4.78, 5) is 22.6. The van der Waals surface area contributed by atoms with Crippen LogP contribution in [0.5, 0.6) is 11.5 Å². The smallest absolute Gasteiger partial charge is 0.158 e. The molecule has 5 heterocycles. The maximum Gasteiger partial charge on any atom is 0.158 e. The molecule has 4 aromatic heterocycles. The Bertz CT molecular complexity index is 1530. The molecule has 6 rings (SSSR count). The van der Waals surface area contributed by atoms with Gasteiger partial charge in [0.2, 0.25) is 0 Å². The van der Waals surface area contributed by atoms with Gasteiger partial charge >= 0.3 is 0 Å². The van der Waals surface area contributed by atoms with Gasteiger partial charge in [0.05, 0.1) is 16.3 Å². The minimum absolute atomic E-state index is 0.709. The zero-order valence-electron chi connectivity index (χ0n) is 19.7. The molecule has 0 unspecified atom stereocenters. The van der Waals surface area contributed by atoms with Gasteiger partial charge in [-0.25, -0.2) is 24.5 Å². The van der Waals surface area contributed by atoms with Crippen molar-refractivity contribution in [2.45, 2.75) is 6.92 Å². The average Bonchev–Trinajstić information content (AvgIpc) is 3.38. The summed E-state index contributed by atoms with van der Waals surface area (Å²) in [5.41, 5.74) is 3.46. The van der Waals surface area contributed by atoms with E-state index in [0.717, 1.165) is 75.9 Å². The maximum atomic E-state index is 6.11. The van der Waals surface area contributed by atoms with Crippen LogP contribution in [0.3, 0.4) is 0 Å². The summed E-state index contributed by atoms with van der Waals surface area (Å²) in [5, 5.41) is 8.52. The van der Waals surface area contributed by atoms with Gasteiger partial charge in [0.1, 0.15) is 35.8 Å². The predicted molar refractivity (Wildman–Crippen MR) is 148 cm³/mol. The van der Waals surface area contributed by atoms with E-state index in [1.807, 2.05) is 49.6 Å². The Morgan fingerprint density at radius 1 is 0.972 bits per heavy atom. The topological polar surface area (TPSA) is 96.6 Å². The van der Waals surface area contributed by atoms with Crippen LogP contribution in [0.15, 0.2) is 61.4 Å². The summed E-state index contributed by atoms with van der Waals surface area (Å²) in [6.45, 7) is 6.02. The molecule has 0 spiro atoms. The van der Waals surface area contributed by atoms with Crippen LogP contribution in [0, 0.1) is 6.92 Å². The molecule has 5 aromatic rings. The lowest BCUT2D eigenvalue weighted by Crippen LogP contribution is -2.46. The van der Waals surface area contributed by atoms with Crippen molar-refractivity contribution < 1.29 is 4.74 Å². The number of hydrogen-bond acceptors (Lipinski definition) is 9. The molecule has 1 aromatic carbocycles. The highest BCUT2D eigenvalue weighted by Gasteiger charge is 2.18. The molecule has 36 heavy (non-hydrogen) atoms. The number of hydrogen-bond donors (Lipinski definition) is 1. The van der Waals surface area contributed by atoms with Gasteiger partial charge in [-0.2, -0.15) is 5.10 Å². The van der Waals surface area contributed by atoms with Crippen molar-refractivity contribution in [3.8, 4) is 11.5 Å². The number of ether oxygens (including phenoxy) is 1. The molecule has 0 aliphatic carbocycles. The lowest BCUT2D eigenvalue weighted by Gasteiger charge is -2.34. The predicted octanol–water partition coefficient (Wildman–Crippen LogP) is 4.43. The molecule has 0 saturated carbocycles. The Kier molecular flexibility index (Phi) is 6.23. The normalized spacial score (nSPS) is 14.4. The Labute approximate surface area is 221 Å². The summed E-state index contributed by atoms with van der Waals surface area (Å²) in [5.74, 6) is 3.19. The first kappa shape index (κ1) is 22.9. The number of aromatic nitrogens is 6. The van der Waals surface area contributed by atoms with Crippen LogP contribution in [0.4, 0.5) is 17.3 Å². The van der Waals surface area contributed by atoms with E-state index in [1.165, 1.54) is 6.33 Å². The van der Waals surface area contributed by atoms with Crippen LogP contribution in [0.1, 0.15) is 5.56 Å². The number of nitrogens with zero attached hydrogens (tertiary/aromatic N) is 8. The van der Waals surface area contributed by atoms with E-state index in [2.05, 4.69) is 68.8 Å². The number of anilines is 3. The van der Waals surface area contributed by atoms with Crippen LogP contribution in [0.25, 0.3) is 16.6 Å². The second-order valence-electron chi connectivity index (χ2n) is 8.64. The first-order valence-electron chi connectivity index (χ1n) is 11.7. The third kappa shape index (κ3) is 4.63. The molecule has 1 aliphatic heterocycles. The molecule has 1 N–H and O–H groups in total. The molecule has 0 atom stereocenters. The van der Waals surface area contributed by atoms with Crippen LogP contribution in [-0.4, -0.2) is 65.2 Å². The van der Waals surface area contributed by atoms with Gasteiger partial charge in [-0.3, -0.25) is 4.90 Å². The minimum Gasteiger partial charge on any atom is -0.457 e. The van der Waals surface area contributed by atoms with Gasteiger partial charge in [0, 0.05) is 49.5 Å². The fourth-order valence-corrected chi connectivity index (χ4v) is 4.96. The molecular weight excluding hydrogens is 569 g/mol. The van der Waals surface area contributed by atoms with Crippen molar-refractivity contribution in [2.75, 3.05) is 40.9 Å². The third-order valence-corrected chi connectivity index (χ3v) is 7.26.